The van der Waals surface area contributed by atoms with Gasteiger partial charge in [-0.1, -0.05) is 35.9 Å². The summed E-state index contributed by atoms with van der Waals surface area (Å²) in [5.74, 6) is 1.20. The van der Waals surface area contributed by atoms with Crippen LogP contribution in [0.15, 0.2) is 48.7 Å². The molecule has 0 radical (unpaired) electrons. The smallest absolute Gasteiger partial charge is 0.229 e. The van der Waals surface area contributed by atoms with Gasteiger partial charge in [0, 0.05) is 24.0 Å². The van der Waals surface area contributed by atoms with Gasteiger partial charge in [0.1, 0.15) is 11.4 Å². The predicted molar refractivity (Wildman–Crippen MR) is 117 cm³/mol. The first kappa shape index (κ1) is 17.8. The van der Waals surface area contributed by atoms with Gasteiger partial charge >= 0.3 is 0 Å². The molecule has 0 atom stereocenters. The molecule has 0 spiro atoms. The number of ether oxygens (including phenoxy) is 1. The molecule has 7 heteroatoms. The molecule has 3 N–H and O–H groups in total. The minimum atomic E-state index is 0.473. The average molecular weight is 406 g/mol. The lowest BCUT2D eigenvalue weighted by molar-refractivity contribution is 0.417. The molecule has 0 saturated carbocycles. The Morgan fingerprint density at radius 1 is 1.14 bits per heavy atom. The third-order valence-electron chi connectivity index (χ3n) is 5.16. The number of aryl methyl sites for hydroxylation is 1. The maximum absolute atomic E-state index is 6.46. The summed E-state index contributed by atoms with van der Waals surface area (Å²) in [6.45, 7) is 0.987. The van der Waals surface area contributed by atoms with E-state index < -0.39 is 0 Å². The van der Waals surface area contributed by atoms with Gasteiger partial charge in [-0.25, -0.2) is 4.98 Å². The molecule has 146 valence electrons. The van der Waals surface area contributed by atoms with Crippen molar-refractivity contribution >= 4 is 40.0 Å². The Kier molecular flexibility index (Phi) is 4.48. The zero-order valence-electron chi connectivity index (χ0n) is 15.9. The van der Waals surface area contributed by atoms with E-state index in [0.29, 0.717) is 16.6 Å². The van der Waals surface area contributed by atoms with Gasteiger partial charge in [-0.2, -0.15) is 4.98 Å². The minimum absolute atomic E-state index is 0.473. The zero-order valence-corrected chi connectivity index (χ0v) is 16.7. The highest BCUT2D eigenvalue weighted by Crippen LogP contribution is 2.36. The summed E-state index contributed by atoms with van der Waals surface area (Å²) in [5.41, 5.74) is 5.75. The number of nitrogens with one attached hydrogen (secondary N) is 3. The van der Waals surface area contributed by atoms with Crippen molar-refractivity contribution in [3.63, 3.8) is 0 Å². The van der Waals surface area contributed by atoms with E-state index >= 15 is 0 Å². The Morgan fingerprint density at radius 2 is 2.03 bits per heavy atom. The number of para-hydroxylation sites is 2. The molecule has 3 heterocycles. The maximum atomic E-state index is 6.46. The third kappa shape index (κ3) is 3.25. The van der Waals surface area contributed by atoms with E-state index in [1.54, 1.807) is 13.3 Å². The number of methoxy groups -OCH3 is 1. The van der Waals surface area contributed by atoms with Crippen molar-refractivity contribution in [2.24, 2.45) is 0 Å². The van der Waals surface area contributed by atoms with Gasteiger partial charge in [0.15, 0.2) is 0 Å². The van der Waals surface area contributed by atoms with Crippen molar-refractivity contribution in [1.29, 1.82) is 0 Å². The Hall–Kier alpha value is -3.25. The van der Waals surface area contributed by atoms with Crippen LogP contribution in [0, 0.1) is 0 Å². The van der Waals surface area contributed by atoms with E-state index in [9.17, 15) is 0 Å². The summed E-state index contributed by atoms with van der Waals surface area (Å²) in [6, 6.07) is 14.1. The third-order valence-corrected chi connectivity index (χ3v) is 5.46. The number of H-pyrrole nitrogens is 1. The van der Waals surface area contributed by atoms with Crippen molar-refractivity contribution in [1.82, 2.24) is 15.0 Å². The van der Waals surface area contributed by atoms with E-state index in [0.717, 1.165) is 53.2 Å². The summed E-state index contributed by atoms with van der Waals surface area (Å²) in [6.07, 6.45) is 3.99. The van der Waals surface area contributed by atoms with Crippen LogP contribution in [0.3, 0.4) is 0 Å². The van der Waals surface area contributed by atoms with Crippen LogP contribution in [0.2, 0.25) is 5.02 Å². The van der Waals surface area contributed by atoms with Crippen LogP contribution < -0.4 is 15.4 Å². The van der Waals surface area contributed by atoms with E-state index in [1.807, 2.05) is 24.3 Å². The first-order chi connectivity index (χ1) is 14.2. The Morgan fingerprint density at radius 3 is 2.93 bits per heavy atom. The molecule has 0 amide bonds. The molecule has 2 aromatic carbocycles. The van der Waals surface area contributed by atoms with Gasteiger partial charge in [-0.15, -0.1) is 0 Å². The first-order valence-corrected chi connectivity index (χ1v) is 9.92. The molecule has 5 rings (SSSR count). The Balaban J connectivity index is 1.64. The molecule has 0 unspecified atom stereocenters. The molecule has 0 saturated heterocycles. The highest BCUT2D eigenvalue weighted by molar-refractivity contribution is 6.36. The van der Waals surface area contributed by atoms with Crippen molar-refractivity contribution in [2.45, 2.75) is 12.8 Å². The number of fused-ring (bicyclic) bond motifs is 2. The van der Waals surface area contributed by atoms with Crippen molar-refractivity contribution < 1.29 is 4.74 Å². The van der Waals surface area contributed by atoms with E-state index in [4.69, 9.17) is 21.3 Å². The molecule has 1 aliphatic rings. The second-order valence-electron chi connectivity index (χ2n) is 6.98. The van der Waals surface area contributed by atoms with E-state index in [1.165, 1.54) is 5.56 Å². The Bertz CT molecular complexity index is 1200. The van der Waals surface area contributed by atoms with Gasteiger partial charge in [0.05, 0.1) is 28.9 Å². The number of halogens is 1. The number of benzene rings is 2. The predicted octanol–water partition coefficient (Wildman–Crippen LogP) is 5.39. The summed E-state index contributed by atoms with van der Waals surface area (Å²) in [5, 5.41) is 8.17. The Labute approximate surface area is 173 Å². The molecule has 29 heavy (non-hydrogen) atoms. The summed E-state index contributed by atoms with van der Waals surface area (Å²) >= 11 is 6.46. The number of hydrogen-bond donors (Lipinski definition) is 3. The summed E-state index contributed by atoms with van der Waals surface area (Å²) < 4.78 is 5.43. The van der Waals surface area contributed by atoms with Crippen molar-refractivity contribution in [2.75, 3.05) is 24.3 Å². The van der Waals surface area contributed by atoms with Crippen molar-refractivity contribution in [3.05, 3.63) is 59.2 Å². The average Bonchev–Trinajstić information content (AvgIpc) is 3.14. The normalized spacial score (nSPS) is 13.0. The van der Waals surface area contributed by atoms with Crippen LogP contribution in [0.1, 0.15) is 12.0 Å². The molecule has 4 aromatic rings. The van der Waals surface area contributed by atoms with Crippen LogP contribution in [0.4, 0.5) is 17.3 Å². The SMILES string of the molecule is COc1ccccc1Nc1nc(-c2ccc3c(c2)NCCC3)c2c(Cl)c[nH]c2n1. The monoisotopic (exact) mass is 405 g/mol. The second kappa shape index (κ2) is 7.29. The molecular weight excluding hydrogens is 386 g/mol. The molecule has 0 fully saturated rings. The summed E-state index contributed by atoms with van der Waals surface area (Å²) in [7, 11) is 1.64. The quantitative estimate of drug-likeness (QED) is 0.424. The zero-order chi connectivity index (χ0) is 19.8. The highest BCUT2D eigenvalue weighted by Gasteiger charge is 2.17. The topological polar surface area (TPSA) is 74.9 Å². The van der Waals surface area contributed by atoms with Crippen LogP contribution in [0.5, 0.6) is 5.75 Å². The van der Waals surface area contributed by atoms with E-state index in [-0.39, 0.29) is 0 Å². The lowest BCUT2D eigenvalue weighted by atomic mass is 9.99. The number of rotatable bonds is 4. The number of hydrogen-bond acceptors (Lipinski definition) is 5. The number of anilines is 3. The van der Waals surface area contributed by atoms with Gasteiger partial charge in [0.2, 0.25) is 5.95 Å². The number of aromatic amines is 1. The first-order valence-electron chi connectivity index (χ1n) is 9.55. The van der Waals surface area contributed by atoms with E-state index in [2.05, 4.69) is 38.8 Å². The fraction of sp³-hybridized carbons (Fsp3) is 0.182. The largest absolute Gasteiger partial charge is 0.495 e. The van der Waals surface area contributed by atoms with Crippen LogP contribution in [-0.4, -0.2) is 28.6 Å². The minimum Gasteiger partial charge on any atom is -0.495 e. The lowest BCUT2D eigenvalue weighted by Gasteiger charge is -2.19. The lowest BCUT2D eigenvalue weighted by Crippen LogP contribution is -2.11. The van der Waals surface area contributed by atoms with Gasteiger partial charge in [-0.3, -0.25) is 0 Å². The van der Waals surface area contributed by atoms with Crippen LogP contribution in [-0.2, 0) is 6.42 Å². The maximum Gasteiger partial charge on any atom is 0.229 e. The van der Waals surface area contributed by atoms with Crippen molar-refractivity contribution in [3.8, 4) is 17.0 Å². The molecule has 1 aliphatic heterocycles. The molecular formula is C22H20ClN5O. The fourth-order valence-electron chi connectivity index (χ4n) is 3.74. The molecule has 0 bridgehead atoms. The standard InChI is InChI=1S/C22H20ClN5O/c1-29-18-7-3-2-6-16(18)26-22-27-20(19-15(23)12-25-21(19)28-22)14-9-8-13-5-4-10-24-17(13)11-14/h2-3,6-9,11-12,24H,4-5,10H2,1H3,(H2,25,26,27,28). The summed E-state index contributed by atoms with van der Waals surface area (Å²) in [4.78, 5) is 12.6. The highest BCUT2D eigenvalue weighted by atomic mass is 35.5. The molecule has 2 aromatic heterocycles. The van der Waals surface area contributed by atoms with Gasteiger partial charge in [0.25, 0.3) is 0 Å². The molecule has 6 nitrogen and oxygen atoms in total. The number of nitrogens with zero attached hydrogens (tertiary/aromatic N) is 2. The molecule has 0 aliphatic carbocycles. The van der Waals surface area contributed by atoms with Gasteiger partial charge < -0.3 is 20.4 Å². The van der Waals surface area contributed by atoms with Crippen LogP contribution in [0.25, 0.3) is 22.3 Å². The van der Waals surface area contributed by atoms with Crippen LogP contribution >= 0.6 is 11.6 Å². The number of aromatic nitrogens is 3. The second-order valence-corrected chi connectivity index (χ2v) is 7.39. The fourth-order valence-corrected chi connectivity index (χ4v) is 3.97. The van der Waals surface area contributed by atoms with Gasteiger partial charge in [-0.05, 0) is 36.6 Å².